The van der Waals surface area contributed by atoms with E-state index in [4.69, 9.17) is 4.74 Å². The van der Waals surface area contributed by atoms with Crippen LogP contribution in [0.25, 0.3) is 0 Å². The molecule has 1 fully saturated rings. The monoisotopic (exact) mass is 271 g/mol. The Labute approximate surface area is 112 Å². The molecular weight excluding hydrogens is 250 g/mol. The van der Waals surface area contributed by atoms with Crippen LogP contribution in [0.5, 0.6) is 5.88 Å². The van der Waals surface area contributed by atoms with E-state index >= 15 is 0 Å². The first-order chi connectivity index (χ1) is 8.25. The highest BCUT2D eigenvalue weighted by Gasteiger charge is 2.51. The predicted octanol–water partition coefficient (Wildman–Crippen LogP) is 2.49. The van der Waals surface area contributed by atoms with E-state index in [-0.39, 0.29) is 17.0 Å². The molecule has 0 aromatic carbocycles. The van der Waals surface area contributed by atoms with Crippen LogP contribution in [-0.2, 0) is 0 Å². The van der Waals surface area contributed by atoms with Gasteiger partial charge in [-0.1, -0.05) is 0 Å². The summed E-state index contributed by atoms with van der Waals surface area (Å²) >= 11 is 1.16. The molecule has 0 spiro atoms. The number of nitrogens with zero attached hydrogens (tertiary/aromatic N) is 3. The van der Waals surface area contributed by atoms with E-state index in [1.165, 1.54) is 5.06 Å². The second-order valence-electron chi connectivity index (χ2n) is 6.14. The normalized spacial score (nSPS) is 26.4. The zero-order valence-electron chi connectivity index (χ0n) is 11.6. The van der Waals surface area contributed by atoms with Gasteiger partial charge in [-0.05, 0) is 41.0 Å². The summed E-state index contributed by atoms with van der Waals surface area (Å²) < 4.78 is 13.9. The minimum atomic E-state index is -0.291. The Morgan fingerprint density at radius 1 is 1.39 bits per heavy atom. The smallest absolute Gasteiger partial charge is 0.248 e. The highest BCUT2D eigenvalue weighted by molar-refractivity contribution is 6.99. The summed E-state index contributed by atoms with van der Waals surface area (Å²) in [4.78, 5) is 0. The molecule has 1 aliphatic rings. The van der Waals surface area contributed by atoms with Gasteiger partial charge in [0, 0.05) is 17.0 Å². The molecule has 6 heteroatoms. The fourth-order valence-corrected chi connectivity index (χ4v) is 3.19. The topological polar surface area (TPSA) is 58.5 Å². The van der Waals surface area contributed by atoms with Gasteiger partial charge >= 0.3 is 0 Å². The summed E-state index contributed by atoms with van der Waals surface area (Å²) in [6.07, 6.45) is 0.896. The molecule has 0 radical (unpaired) electrons. The van der Waals surface area contributed by atoms with E-state index in [1.54, 1.807) is 0 Å². The maximum Gasteiger partial charge on any atom is 0.248 e. The second kappa shape index (κ2) is 4.43. The quantitative estimate of drug-likeness (QED) is 0.915. The van der Waals surface area contributed by atoms with Crippen LogP contribution in [0.2, 0.25) is 0 Å². The lowest BCUT2D eigenvalue weighted by molar-refractivity contribution is -0.197. The van der Waals surface area contributed by atoms with E-state index in [0.29, 0.717) is 12.5 Å². The van der Waals surface area contributed by atoms with Crippen molar-refractivity contribution in [1.82, 2.24) is 13.8 Å². The Hall–Kier alpha value is -0.720. The molecule has 0 aliphatic carbocycles. The summed E-state index contributed by atoms with van der Waals surface area (Å²) in [5.74, 6) is 0.878. The molecule has 0 saturated carbocycles. The minimum Gasteiger partial charge on any atom is -0.475 e. The van der Waals surface area contributed by atoms with Gasteiger partial charge < -0.3 is 9.94 Å². The molecule has 1 aromatic rings. The largest absolute Gasteiger partial charge is 0.475 e. The Morgan fingerprint density at radius 2 is 2.06 bits per heavy atom. The highest BCUT2D eigenvalue weighted by atomic mass is 32.1. The molecule has 2 heterocycles. The lowest BCUT2D eigenvalue weighted by Crippen LogP contribution is -2.48. The average molecular weight is 271 g/mol. The Balaban J connectivity index is 2.04. The number of aryl methyl sites for hydroxylation is 1. The fourth-order valence-electron chi connectivity index (χ4n) is 2.69. The van der Waals surface area contributed by atoms with Gasteiger partial charge in [-0.15, -0.1) is 4.37 Å². The van der Waals surface area contributed by atoms with Crippen LogP contribution in [-0.4, -0.2) is 36.7 Å². The van der Waals surface area contributed by atoms with Gasteiger partial charge in [-0.25, -0.2) is 0 Å². The Bertz CT molecular complexity index is 431. The molecule has 102 valence electrons. The van der Waals surface area contributed by atoms with E-state index in [0.717, 1.165) is 23.8 Å². The number of rotatable bonds is 3. The van der Waals surface area contributed by atoms with Crippen LogP contribution in [0.15, 0.2) is 0 Å². The van der Waals surface area contributed by atoms with Crippen molar-refractivity contribution in [3.05, 3.63) is 5.69 Å². The third-order valence-corrected chi connectivity index (χ3v) is 4.50. The van der Waals surface area contributed by atoms with E-state index in [9.17, 15) is 5.21 Å². The van der Waals surface area contributed by atoms with Crippen molar-refractivity contribution in [2.24, 2.45) is 5.92 Å². The van der Waals surface area contributed by atoms with Crippen molar-refractivity contribution in [2.75, 3.05) is 6.61 Å². The van der Waals surface area contributed by atoms with Crippen LogP contribution >= 0.6 is 11.7 Å². The fraction of sp³-hybridized carbons (Fsp3) is 0.833. The standard InChI is InChI=1S/C12H21N3O2S/c1-8-10(14-18-13-8)17-7-9-6-11(2,3)15(16)12(9,4)5/h9,16H,6-7H2,1-5H3. The third-order valence-electron chi connectivity index (χ3n) is 3.90. The third kappa shape index (κ3) is 2.24. The minimum absolute atomic E-state index is 0.215. The molecule has 1 saturated heterocycles. The number of hydrogen-bond acceptors (Lipinski definition) is 6. The summed E-state index contributed by atoms with van der Waals surface area (Å²) in [6.45, 7) is 10.6. The maximum absolute atomic E-state index is 10.2. The SMILES string of the molecule is Cc1nsnc1OCC1CC(C)(C)N(O)C1(C)C. The summed E-state index contributed by atoms with van der Waals surface area (Å²) in [5.41, 5.74) is 0.323. The van der Waals surface area contributed by atoms with Gasteiger partial charge in [0.15, 0.2) is 0 Å². The van der Waals surface area contributed by atoms with Crippen LogP contribution in [0.3, 0.4) is 0 Å². The molecule has 5 nitrogen and oxygen atoms in total. The number of ether oxygens (including phenoxy) is 1. The summed E-state index contributed by atoms with van der Waals surface area (Å²) in [5, 5.41) is 11.7. The van der Waals surface area contributed by atoms with E-state index in [2.05, 4.69) is 8.75 Å². The highest BCUT2D eigenvalue weighted by Crippen LogP contribution is 2.43. The van der Waals surface area contributed by atoms with Crippen molar-refractivity contribution in [3.8, 4) is 5.88 Å². The summed E-state index contributed by atoms with van der Waals surface area (Å²) in [7, 11) is 0. The molecule has 2 rings (SSSR count). The van der Waals surface area contributed by atoms with Crippen LogP contribution in [0.1, 0.15) is 39.8 Å². The molecule has 18 heavy (non-hydrogen) atoms. The number of hydrogen-bond donors (Lipinski definition) is 1. The molecular formula is C12H21N3O2S. The first-order valence-corrected chi connectivity index (χ1v) is 6.89. The van der Waals surface area contributed by atoms with Crippen molar-refractivity contribution in [1.29, 1.82) is 0 Å². The second-order valence-corrected chi connectivity index (χ2v) is 6.67. The van der Waals surface area contributed by atoms with Crippen molar-refractivity contribution in [2.45, 2.75) is 52.1 Å². The van der Waals surface area contributed by atoms with Gasteiger partial charge in [-0.3, -0.25) is 0 Å². The zero-order valence-corrected chi connectivity index (χ0v) is 12.4. The molecule has 1 unspecified atom stereocenters. The first-order valence-electron chi connectivity index (χ1n) is 6.16. The van der Waals surface area contributed by atoms with Crippen molar-refractivity contribution >= 4 is 11.7 Å². The van der Waals surface area contributed by atoms with Gasteiger partial charge in [0.25, 0.3) is 0 Å². The lowest BCUT2D eigenvalue weighted by atomic mass is 9.88. The van der Waals surface area contributed by atoms with Gasteiger partial charge in [0.2, 0.25) is 5.88 Å². The van der Waals surface area contributed by atoms with Crippen molar-refractivity contribution in [3.63, 3.8) is 0 Å². The molecule has 1 N–H and O–H groups in total. The molecule has 0 bridgehead atoms. The van der Waals surface area contributed by atoms with Gasteiger partial charge in [0.1, 0.15) is 5.69 Å². The number of hydroxylamine groups is 2. The van der Waals surface area contributed by atoms with Gasteiger partial charge in [-0.2, -0.15) is 9.44 Å². The van der Waals surface area contributed by atoms with Crippen molar-refractivity contribution < 1.29 is 9.94 Å². The first kappa shape index (κ1) is 13.7. The Kier molecular flexibility index (Phi) is 3.38. The zero-order chi connectivity index (χ0) is 13.6. The maximum atomic E-state index is 10.2. The lowest BCUT2D eigenvalue weighted by Gasteiger charge is -2.35. The Morgan fingerprint density at radius 3 is 2.50 bits per heavy atom. The molecule has 1 atom stereocenters. The average Bonchev–Trinajstić information content (AvgIpc) is 2.73. The van der Waals surface area contributed by atoms with Crippen LogP contribution in [0, 0.1) is 12.8 Å². The summed E-state index contributed by atoms with van der Waals surface area (Å²) in [6, 6.07) is 0. The van der Waals surface area contributed by atoms with Gasteiger partial charge in [0.05, 0.1) is 18.3 Å². The molecule has 0 amide bonds. The number of aromatic nitrogens is 2. The molecule has 1 aliphatic heterocycles. The molecule has 1 aromatic heterocycles. The van der Waals surface area contributed by atoms with Crippen LogP contribution < -0.4 is 4.74 Å². The van der Waals surface area contributed by atoms with Crippen LogP contribution in [0.4, 0.5) is 0 Å². The predicted molar refractivity (Wildman–Crippen MR) is 70.0 cm³/mol. The van der Waals surface area contributed by atoms with E-state index < -0.39 is 0 Å². The van der Waals surface area contributed by atoms with E-state index in [1.807, 2.05) is 34.6 Å².